The van der Waals surface area contributed by atoms with Crippen LogP contribution < -0.4 is 15.3 Å². The number of methoxy groups -OCH3 is 1. The molecule has 0 spiro atoms. The largest absolute Gasteiger partial charge is 0.497 e. The minimum atomic E-state index is -0.453. The highest BCUT2D eigenvalue weighted by Gasteiger charge is 2.25. The summed E-state index contributed by atoms with van der Waals surface area (Å²) in [5.74, 6) is 0.915. The number of ether oxygens (including phenoxy) is 1. The topological polar surface area (TPSA) is 55.6 Å². The zero-order valence-electron chi connectivity index (χ0n) is 17.0. The second kappa shape index (κ2) is 8.15. The number of para-hydroxylation sites is 1. The third-order valence-corrected chi connectivity index (χ3v) is 6.61. The molecule has 1 saturated carbocycles. The average molecular weight is 437 g/mol. The zero-order chi connectivity index (χ0) is 21.4. The van der Waals surface area contributed by atoms with Crippen molar-refractivity contribution in [1.29, 1.82) is 0 Å². The first-order valence-electron chi connectivity index (χ1n) is 10.2. The van der Waals surface area contributed by atoms with Crippen molar-refractivity contribution in [1.82, 2.24) is 4.98 Å². The molecule has 0 radical (unpaired) electrons. The van der Waals surface area contributed by atoms with Gasteiger partial charge in [0.05, 0.1) is 24.1 Å². The molecule has 0 amide bonds. The fourth-order valence-electron chi connectivity index (χ4n) is 3.80. The molecule has 31 heavy (non-hydrogen) atoms. The first-order chi connectivity index (χ1) is 15.1. The molecule has 2 aromatic carbocycles. The van der Waals surface area contributed by atoms with Crippen molar-refractivity contribution in [2.75, 3.05) is 18.6 Å². The van der Waals surface area contributed by atoms with Crippen LogP contribution in [0.1, 0.15) is 19.3 Å². The third-order valence-electron chi connectivity index (χ3n) is 5.75. The number of rotatable bonds is 6. The van der Waals surface area contributed by atoms with Crippen LogP contribution in [0, 0.1) is 11.7 Å². The third kappa shape index (κ3) is 3.81. The normalized spacial score (nSPS) is 13.9. The maximum Gasteiger partial charge on any atom is 0.345 e. The second-order valence-corrected chi connectivity index (χ2v) is 8.56. The van der Waals surface area contributed by atoms with Crippen molar-refractivity contribution in [2.24, 2.45) is 5.92 Å². The molecule has 7 heteroatoms. The second-order valence-electron chi connectivity index (χ2n) is 7.73. The monoisotopic (exact) mass is 436 g/mol. The van der Waals surface area contributed by atoms with E-state index in [0.717, 1.165) is 18.2 Å². The highest BCUT2D eigenvalue weighted by molar-refractivity contribution is 7.14. The predicted molar refractivity (Wildman–Crippen MR) is 121 cm³/mol. The van der Waals surface area contributed by atoms with Crippen molar-refractivity contribution in [3.63, 3.8) is 0 Å². The van der Waals surface area contributed by atoms with Crippen LogP contribution in [0.25, 0.3) is 22.2 Å². The number of halogens is 1. The average Bonchev–Trinajstić information content (AvgIpc) is 3.23. The van der Waals surface area contributed by atoms with E-state index in [9.17, 15) is 9.18 Å². The number of benzene rings is 2. The summed E-state index contributed by atoms with van der Waals surface area (Å²) >= 11 is 1.40. The number of thiazole rings is 1. The van der Waals surface area contributed by atoms with Crippen LogP contribution in [0.3, 0.4) is 0 Å². The van der Waals surface area contributed by atoms with E-state index in [-0.39, 0.29) is 5.82 Å². The molecule has 5 nitrogen and oxygen atoms in total. The van der Waals surface area contributed by atoms with Gasteiger partial charge in [-0.1, -0.05) is 18.6 Å². The van der Waals surface area contributed by atoms with Gasteiger partial charge in [-0.05, 0) is 55.2 Å². The summed E-state index contributed by atoms with van der Waals surface area (Å²) in [6.07, 6.45) is 3.49. The molecule has 4 aromatic rings. The number of hydrogen-bond acceptors (Lipinski definition) is 6. The van der Waals surface area contributed by atoms with E-state index in [2.05, 4.69) is 0 Å². The maximum absolute atomic E-state index is 14.6. The van der Waals surface area contributed by atoms with Crippen molar-refractivity contribution >= 4 is 33.1 Å². The summed E-state index contributed by atoms with van der Waals surface area (Å²) in [5.41, 5.74) is 1.44. The molecule has 1 fully saturated rings. The van der Waals surface area contributed by atoms with Crippen molar-refractivity contribution < 1.29 is 13.5 Å². The van der Waals surface area contributed by atoms with Gasteiger partial charge in [0.1, 0.15) is 17.1 Å². The molecular formula is C24H21FN2O3S. The number of nitrogens with zero attached hydrogens (tertiary/aromatic N) is 2. The van der Waals surface area contributed by atoms with Gasteiger partial charge in [-0.25, -0.2) is 14.2 Å². The molecule has 0 unspecified atom stereocenters. The van der Waals surface area contributed by atoms with Crippen molar-refractivity contribution in [3.8, 4) is 17.0 Å². The lowest BCUT2D eigenvalue weighted by Crippen LogP contribution is -2.29. The fourth-order valence-corrected chi connectivity index (χ4v) is 4.65. The van der Waals surface area contributed by atoms with Gasteiger partial charge in [0.2, 0.25) is 0 Å². The smallest absolute Gasteiger partial charge is 0.345 e. The van der Waals surface area contributed by atoms with E-state index < -0.39 is 5.63 Å². The lowest BCUT2D eigenvalue weighted by Gasteiger charge is -2.32. The molecule has 0 saturated heterocycles. The first kappa shape index (κ1) is 19.8. The molecule has 2 aromatic heterocycles. The number of aromatic nitrogens is 1. The van der Waals surface area contributed by atoms with Crippen molar-refractivity contribution in [3.05, 3.63) is 70.1 Å². The van der Waals surface area contributed by atoms with Gasteiger partial charge in [-0.3, -0.25) is 0 Å². The Balaban J connectivity index is 1.55. The lowest BCUT2D eigenvalue weighted by molar-refractivity contribution is 0.323. The van der Waals surface area contributed by atoms with Crippen LogP contribution in [0.15, 0.2) is 63.1 Å². The molecule has 1 aliphatic carbocycles. The summed E-state index contributed by atoms with van der Waals surface area (Å²) in [7, 11) is 1.59. The Hall–Kier alpha value is -3.19. The van der Waals surface area contributed by atoms with E-state index in [1.54, 1.807) is 37.4 Å². The number of hydrogen-bond donors (Lipinski definition) is 0. The van der Waals surface area contributed by atoms with Crippen LogP contribution in [0.4, 0.5) is 15.2 Å². The summed E-state index contributed by atoms with van der Waals surface area (Å²) in [6.45, 7) is 0.706. The fraction of sp³-hybridized carbons (Fsp3) is 0.250. The Kier molecular flexibility index (Phi) is 5.19. The van der Waals surface area contributed by atoms with Gasteiger partial charge in [0.25, 0.3) is 0 Å². The quantitative estimate of drug-likeness (QED) is 0.347. The Morgan fingerprint density at radius 1 is 1.23 bits per heavy atom. The van der Waals surface area contributed by atoms with E-state index in [4.69, 9.17) is 14.1 Å². The Labute approximate surface area is 182 Å². The predicted octanol–water partition coefficient (Wildman–Crippen LogP) is 6.00. The summed E-state index contributed by atoms with van der Waals surface area (Å²) in [4.78, 5) is 19.3. The van der Waals surface area contributed by atoms with Crippen LogP contribution in [-0.2, 0) is 0 Å². The minimum Gasteiger partial charge on any atom is -0.497 e. The molecular weight excluding hydrogens is 415 g/mol. The maximum atomic E-state index is 14.6. The number of anilines is 2. The highest BCUT2D eigenvalue weighted by Crippen LogP contribution is 2.37. The zero-order valence-corrected chi connectivity index (χ0v) is 17.8. The molecule has 0 atom stereocenters. The molecule has 1 aliphatic rings. The van der Waals surface area contributed by atoms with E-state index in [1.807, 2.05) is 22.4 Å². The molecule has 0 N–H and O–H groups in total. The van der Waals surface area contributed by atoms with E-state index in [1.165, 1.54) is 23.8 Å². The first-order valence-corrected chi connectivity index (χ1v) is 11.1. The summed E-state index contributed by atoms with van der Waals surface area (Å²) in [6, 6.07) is 13.8. The lowest BCUT2D eigenvalue weighted by atomic mass is 9.85. The summed E-state index contributed by atoms with van der Waals surface area (Å²) in [5, 5.41) is 3.24. The van der Waals surface area contributed by atoms with Crippen LogP contribution >= 0.6 is 11.3 Å². The van der Waals surface area contributed by atoms with E-state index in [0.29, 0.717) is 45.9 Å². The van der Waals surface area contributed by atoms with Gasteiger partial charge < -0.3 is 14.1 Å². The van der Waals surface area contributed by atoms with Gasteiger partial charge in [0.15, 0.2) is 5.13 Å². The number of fused-ring (bicyclic) bond motifs is 1. The minimum absolute atomic E-state index is 0.282. The standard InChI is InChI=1S/C24H21FN2O3S/c1-29-17-9-10-22-16(11-17)12-18(23(28)30-22)20-14-31-24(26-20)27(13-15-5-4-6-15)21-8-3-2-7-19(21)25/h2-3,7-12,14-15H,4-6,13H2,1H3. The van der Waals surface area contributed by atoms with Gasteiger partial charge in [-0.15, -0.1) is 11.3 Å². The molecule has 158 valence electrons. The van der Waals surface area contributed by atoms with Crippen LogP contribution in [-0.4, -0.2) is 18.6 Å². The Morgan fingerprint density at radius 3 is 2.81 bits per heavy atom. The molecule has 2 heterocycles. The van der Waals surface area contributed by atoms with Gasteiger partial charge in [0, 0.05) is 17.3 Å². The van der Waals surface area contributed by atoms with Crippen LogP contribution in [0.2, 0.25) is 0 Å². The van der Waals surface area contributed by atoms with Gasteiger partial charge in [-0.2, -0.15) is 0 Å². The highest BCUT2D eigenvalue weighted by atomic mass is 32.1. The summed E-state index contributed by atoms with van der Waals surface area (Å²) < 4.78 is 25.4. The molecule has 0 aliphatic heterocycles. The molecule has 5 rings (SSSR count). The van der Waals surface area contributed by atoms with Gasteiger partial charge >= 0.3 is 5.63 Å². The molecule has 0 bridgehead atoms. The SMILES string of the molecule is COc1ccc2oc(=O)c(-c3csc(N(CC4CCC4)c4ccccc4F)n3)cc2c1. The van der Waals surface area contributed by atoms with Crippen molar-refractivity contribution in [2.45, 2.75) is 19.3 Å². The Bertz CT molecular complexity index is 1300. The van der Waals surface area contributed by atoms with Crippen LogP contribution in [0.5, 0.6) is 5.75 Å². The van der Waals surface area contributed by atoms with E-state index >= 15 is 0 Å². The Morgan fingerprint density at radius 2 is 2.06 bits per heavy atom.